The molecular formula is C12H18ClN3O. The number of halogens is 1. The minimum absolute atomic E-state index is 0.701. The van der Waals surface area contributed by atoms with E-state index in [4.69, 9.17) is 16.3 Å². The number of hydrogen-bond donors (Lipinski definition) is 0. The third-order valence-electron chi connectivity index (χ3n) is 3.04. The van der Waals surface area contributed by atoms with Crippen LogP contribution in [0.25, 0.3) is 0 Å². The molecule has 17 heavy (non-hydrogen) atoms. The maximum Gasteiger partial charge on any atom is 0.171 e. The van der Waals surface area contributed by atoms with Crippen LogP contribution in [-0.2, 0) is 0 Å². The molecule has 0 N–H and O–H groups in total. The topological polar surface area (TPSA) is 28.6 Å². The quantitative estimate of drug-likeness (QED) is 0.762. The number of rotatable bonds is 4. The van der Waals surface area contributed by atoms with E-state index in [-0.39, 0.29) is 0 Å². The maximum atomic E-state index is 5.75. The molecule has 0 aromatic carbocycles. The molecule has 5 heteroatoms. The summed E-state index contributed by atoms with van der Waals surface area (Å²) in [5.74, 6) is 2.49. The van der Waals surface area contributed by atoms with Gasteiger partial charge in [0.1, 0.15) is 0 Å². The molecule has 1 saturated heterocycles. The molecule has 0 aliphatic carbocycles. The van der Waals surface area contributed by atoms with Gasteiger partial charge >= 0.3 is 0 Å². The van der Waals surface area contributed by atoms with Crippen molar-refractivity contribution >= 4 is 17.4 Å². The van der Waals surface area contributed by atoms with Crippen molar-refractivity contribution in [3.63, 3.8) is 0 Å². The highest BCUT2D eigenvalue weighted by Crippen LogP contribution is 2.25. The first kappa shape index (κ1) is 12.5. The maximum absolute atomic E-state index is 5.75. The zero-order valence-electron chi connectivity index (χ0n) is 10.1. The van der Waals surface area contributed by atoms with E-state index < -0.39 is 0 Å². The zero-order chi connectivity index (χ0) is 12.1. The first-order valence-corrected chi connectivity index (χ1v) is 6.41. The summed E-state index contributed by atoms with van der Waals surface area (Å²) in [5.41, 5.74) is 0. The highest BCUT2D eigenvalue weighted by atomic mass is 35.5. The summed E-state index contributed by atoms with van der Waals surface area (Å²) in [7, 11) is 1.68. The number of alkyl halides is 1. The van der Waals surface area contributed by atoms with Gasteiger partial charge < -0.3 is 9.64 Å². The fourth-order valence-corrected chi connectivity index (χ4v) is 2.32. The van der Waals surface area contributed by atoms with Crippen LogP contribution >= 0.6 is 11.6 Å². The van der Waals surface area contributed by atoms with Crippen molar-refractivity contribution in [1.82, 2.24) is 9.88 Å². The van der Waals surface area contributed by atoms with Gasteiger partial charge in [0.05, 0.1) is 7.11 Å². The summed E-state index contributed by atoms with van der Waals surface area (Å²) in [6, 6.07) is 3.85. The molecule has 1 fully saturated rings. The Balaban J connectivity index is 2.00. The Morgan fingerprint density at radius 3 is 2.76 bits per heavy atom. The van der Waals surface area contributed by atoms with E-state index in [9.17, 15) is 0 Å². The van der Waals surface area contributed by atoms with E-state index in [1.807, 2.05) is 18.3 Å². The lowest BCUT2D eigenvalue weighted by Crippen LogP contribution is -2.47. The molecule has 0 saturated carbocycles. The molecule has 1 aromatic rings. The first-order valence-electron chi connectivity index (χ1n) is 5.87. The Bertz CT molecular complexity index is 353. The molecule has 1 aromatic heterocycles. The number of aromatic nitrogens is 1. The molecule has 2 rings (SSSR count). The number of methoxy groups -OCH3 is 1. The molecule has 94 valence electrons. The summed E-state index contributed by atoms with van der Waals surface area (Å²) in [4.78, 5) is 9.04. The number of piperazine rings is 1. The van der Waals surface area contributed by atoms with E-state index >= 15 is 0 Å². The van der Waals surface area contributed by atoms with E-state index in [1.165, 1.54) is 0 Å². The van der Waals surface area contributed by atoms with Crippen molar-refractivity contribution in [1.29, 1.82) is 0 Å². The van der Waals surface area contributed by atoms with Gasteiger partial charge in [-0.2, -0.15) is 0 Å². The number of hydrogen-bond acceptors (Lipinski definition) is 4. The van der Waals surface area contributed by atoms with Gasteiger partial charge in [-0.25, -0.2) is 4.98 Å². The predicted molar refractivity (Wildman–Crippen MR) is 70.2 cm³/mol. The molecule has 1 aliphatic rings. The largest absolute Gasteiger partial charge is 0.493 e. The summed E-state index contributed by atoms with van der Waals surface area (Å²) in [6.07, 6.45) is 1.81. The number of pyridine rings is 1. The van der Waals surface area contributed by atoms with Crippen LogP contribution in [0.5, 0.6) is 5.75 Å². The second-order valence-corrected chi connectivity index (χ2v) is 4.42. The van der Waals surface area contributed by atoms with Crippen LogP contribution in [-0.4, -0.2) is 55.6 Å². The molecule has 0 radical (unpaired) electrons. The van der Waals surface area contributed by atoms with Crippen LogP contribution in [0.4, 0.5) is 5.82 Å². The van der Waals surface area contributed by atoms with Crippen molar-refractivity contribution in [2.45, 2.75) is 0 Å². The molecule has 4 nitrogen and oxygen atoms in total. The van der Waals surface area contributed by atoms with Gasteiger partial charge in [0.15, 0.2) is 11.6 Å². The minimum Gasteiger partial charge on any atom is -0.493 e. The lowest BCUT2D eigenvalue weighted by Gasteiger charge is -2.35. The van der Waals surface area contributed by atoms with Crippen LogP contribution in [0, 0.1) is 0 Å². The van der Waals surface area contributed by atoms with E-state index in [1.54, 1.807) is 7.11 Å². The molecule has 0 spiro atoms. The van der Waals surface area contributed by atoms with Crippen molar-refractivity contribution in [3.8, 4) is 5.75 Å². The van der Waals surface area contributed by atoms with E-state index in [0.29, 0.717) is 5.88 Å². The Labute approximate surface area is 107 Å². The SMILES string of the molecule is COc1cccnc1N1CCN(CCCl)CC1. The second kappa shape index (κ2) is 6.07. The Morgan fingerprint density at radius 1 is 1.35 bits per heavy atom. The molecule has 2 heterocycles. The predicted octanol–water partition coefficient (Wildman–Crippen LogP) is 1.45. The van der Waals surface area contributed by atoms with Crippen molar-refractivity contribution in [2.75, 3.05) is 50.6 Å². The molecule has 0 atom stereocenters. The normalized spacial score (nSPS) is 17.2. The molecule has 0 unspecified atom stereocenters. The van der Waals surface area contributed by atoms with Gasteiger partial charge in [-0.3, -0.25) is 4.90 Å². The third-order valence-corrected chi connectivity index (χ3v) is 3.21. The van der Waals surface area contributed by atoms with Crippen molar-refractivity contribution < 1.29 is 4.74 Å². The zero-order valence-corrected chi connectivity index (χ0v) is 10.9. The Hall–Kier alpha value is -1.00. The monoisotopic (exact) mass is 255 g/mol. The van der Waals surface area contributed by atoms with Crippen molar-refractivity contribution in [2.24, 2.45) is 0 Å². The third kappa shape index (κ3) is 3.01. The molecule has 1 aliphatic heterocycles. The van der Waals surface area contributed by atoms with Gasteiger partial charge in [-0.15, -0.1) is 11.6 Å². The standard InChI is InChI=1S/C12H18ClN3O/c1-17-11-3-2-5-14-12(11)16-9-7-15(6-4-13)8-10-16/h2-3,5H,4,6-10H2,1H3. The highest BCUT2D eigenvalue weighted by Gasteiger charge is 2.19. The number of anilines is 1. The summed E-state index contributed by atoms with van der Waals surface area (Å²) < 4.78 is 5.33. The first-order chi connectivity index (χ1) is 8.35. The number of ether oxygens (including phenoxy) is 1. The molecule has 0 bridgehead atoms. The van der Waals surface area contributed by atoms with Gasteiger partial charge in [-0.1, -0.05) is 0 Å². The average Bonchev–Trinajstić information content (AvgIpc) is 2.40. The van der Waals surface area contributed by atoms with E-state index in [2.05, 4.69) is 14.8 Å². The highest BCUT2D eigenvalue weighted by molar-refractivity contribution is 6.18. The van der Waals surface area contributed by atoms with Crippen molar-refractivity contribution in [3.05, 3.63) is 18.3 Å². The second-order valence-electron chi connectivity index (χ2n) is 4.05. The lowest BCUT2D eigenvalue weighted by molar-refractivity contribution is 0.271. The summed E-state index contributed by atoms with van der Waals surface area (Å²) >= 11 is 5.75. The van der Waals surface area contributed by atoms with Gasteiger partial charge in [0.2, 0.25) is 0 Å². The van der Waals surface area contributed by atoms with Crippen LogP contribution in [0.15, 0.2) is 18.3 Å². The van der Waals surface area contributed by atoms with Crippen LogP contribution in [0.2, 0.25) is 0 Å². The fourth-order valence-electron chi connectivity index (χ4n) is 2.08. The Kier molecular flexibility index (Phi) is 4.45. The van der Waals surface area contributed by atoms with Gasteiger partial charge in [-0.05, 0) is 12.1 Å². The lowest BCUT2D eigenvalue weighted by atomic mass is 10.3. The average molecular weight is 256 g/mol. The molecular weight excluding hydrogens is 238 g/mol. The summed E-state index contributed by atoms with van der Waals surface area (Å²) in [5, 5.41) is 0. The van der Waals surface area contributed by atoms with Crippen LogP contribution in [0.3, 0.4) is 0 Å². The van der Waals surface area contributed by atoms with Gasteiger partial charge in [0, 0.05) is 44.8 Å². The van der Waals surface area contributed by atoms with E-state index in [0.717, 1.165) is 44.3 Å². The van der Waals surface area contributed by atoms with Crippen LogP contribution in [0.1, 0.15) is 0 Å². The smallest absolute Gasteiger partial charge is 0.171 e. The van der Waals surface area contributed by atoms with Crippen LogP contribution < -0.4 is 9.64 Å². The summed E-state index contributed by atoms with van der Waals surface area (Å²) in [6.45, 7) is 4.99. The minimum atomic E-state index is 0.701. The Morgan fingerprint density at radius 2 is 2.12 bits per heavy atom. The van der Waals surface area contributed by atoms with Gasteiger partial charge in [0.25, 0.3) is 0 Å². The number of nitrogens with zero attached hydrogens (tertiary/aromatic N) is 3. The fraction of sp³-hybridized carbons (Fsp3) is 0.583. The molecule has 0 amide bonds.